The van der Waals surface area contributed by atoms with E-state index in [9.17, 15) is 0 Å². The Morgan fingerprint density at radius 1 is 1.28 bits per heavy atom. The standard InChI is InChI=1S/C18H34N6S/c1-5-19-18(20-8-7-17-21-14-16(4)25-17)22-13-15(3)24-11-9-23(6-2)10-12-24/h14-15H,5-13H2,1-4H3,(H2,19,20,22). The Morgan fingerprint density at radius 3 is 2.64 bits per heavy atom. The zero-order chi connectivity index (χ0) is 18.1. The van der Waals surface area contributed by atoms with Gasteiger partial charge in [-0.1, -0.05) is 6.92 Å². The molecule has 1 unspecified atom stereocenters. The fourth-order valence-electron chi connectivity index (χ4n) is 3.01. The van der Waals surface area contributed by atoms with Crippen molar-refractivity contribution >= 4 is 17.3 Å². The van der Waals surface area contributed by atoms with Crippen LogP contribution in [-0.4, -0.2) is 79.1 Å². The molecule has 6 nitrogen and oxygen atoms in total. The van der Waals surface area contributed by atoms with E-state index < -0.39 is 0 Å². The van der Waals surface area contributed by atoms with Gasteiger partial charge >= 0.3 is 0 Å². The Balaban J connectivity index is 1.75. The molecule has 25 heavy (non-hydrogen) atoms. The molecular weight excluding hydrogens is 332 g/mol. The number of guanidine groups is 1. The van der Waals surface area contributed by atoms with E-state index >= 15 is 0 Å². The van der Waals surface area contributed by atoms with Crippen molar-refractivity contribution in [2.45, 2.75) is 40.2 Å². The number of nitrogens with zero attached hydrogens (tertiary/aromatic N) is 4. The lowest BCUT2D eigenvalue weighted by molar-refractivity contribution is 0.109. The lowest BCUT2D eigenvalue weighted by atomic mass is 10.2. The molecule has 2 heterocycles. The summed E-state index contributed by atoms with van der Waals surface area (Å²) in [6.07, 6.45) is 2.89. The van der Waals surface area contributed by atoms with E-state index in [1.165, 1.54) is 23.0 Å². The summed E-state index contributed by atoms with van der Waals surface area (Å²) in [6.45, 7) is 17.1. The summed E-state index contributed by atoms with van der Waals surface area (Å²) >= 11 is 1.77. The number of piperazine rings is 1. The normalized spacial score (nSPS) is 18.3. The van der Waals surface area contributed by atoms with Gasteiger partial charge in [0.2, 0.25) is 0 Å². The maximum absolute atomic E-state index is 4.79. The molecule has 1 fully saturated rings. The molecule has 0 aliphatic carbocycles. The number of hydrogen-bond donors (Lipinski definition) is 2. The molecule has 0 amide bonds. The third kappa shape index (κ3) is 6.92. The van der Waals surface area contributed by atoms with Crippen LogP contribution < -0.4 is 10.6 Å². The van der Waals surface area contributed by atoms with Gasteiger partial charge in [-0.25, -0.2) is 4.98 Å². The minimum atomic E-state index is 0.482. The number of thiazole rings is 1. The molecular formula is C18H34N6S. The fraction of sp³-hybridized carbons (Fsp3) is 0.778. The van der Waals surface area contributed by atoms with Crippen molar-refractivity contribution in [2.75, 3.05) is 52.4 Å². The van der Waals surface area contributed by atoms with Crippen LogP contribution in [0.5, 0.6) is 0 Å². The largest absolute Gasteiger partial charge is 0.357 e. The zero-order valence-electron chi connectivity index (χ0n) is 16.2. The van der Waals surface area contributed by atoms with Gasteiger partial charge in [0.05, 0.1) is 11.6 Å². The summed E-state index contributed by atoms with van der Waals surface area (Å²) < 4.78 is 0. The van der Waals surface area contributed by atoms with Crippen LogP contribution >= 0.6 is 11.3 Å². The molecule has 1 aromatic rings. The number of nitrogens with one attached hydrogen (secondary N) is 2. The maximum Gasteiger partial charge on any atom is 0.191 e. The third-order valence-electron chi connectivity index (χ3n) is 4.64. The first-order valence-electron chi connectivity index (χ1n) is 9.52. The van der Waals surface area contributed by atoms with Crippen LogP contribution in [0.3, 0.4) is 0 Å². The van der Waals surface area contributed by atoms with E-state index in [1.807, 2.05) is 6.20 Å². The Kier molecular flexibility index (Phi) is 8.64. The second kappa shape index (κ2) is 10.7. The highest BCUT2D eigenvalue weighted by Crippen LogP contribution is 2.11. The molecule has 7 heteroatoms. The molecule has 1 aliphatic rings. The topological polar surface area (TPSA) is 55.8 Å². The smallest absolute Gasteiger partial charge is 0.191 e. The molecule has 0 aromatic carbocycles. The Labute approximate surface area is 156 Å². The number of aryl methyl sites for hydroxylation is 1. The molecule has 142 valence electrons. The van der Waals surface area contributed by atoms with E-state index in [1.54, 1.807) is 11.3 Å². The summed E-state index contributed by atoms with van der Waals surface area (Å²) in [6, 6.07) is 0.482. The molecule has 2 N–H and O–H groups in total. The lowest BCUT2D eigenvalue weighted by Gasteiger charge is -2.37. The highest BCUT2D eigenvalue weighted by atomic mass is 32.1. The van der Waals surface area contributed by atoms with Crippen molar-refractivity contribution in [2.24, 2.45) is 4.99 Å². The molecule has 1 aliphatic heterocycles. The predicted octanol–water partition coefficient (Wildman–Crippen LogP) is 1.58. The second-order valence-electron chi connectivity index (χ2n) is 6.58. The molecule has 1 saturated heterocycles. The molecule has 1 atom stereocenters. The SMILES string of the molecule is CCNC(=NCC(C)N1CCN(CC)CC1)NCCc1ncc(C)s1. The van der Waals surface area contributed by atoms with Gasteiger partial charge in [0.1, 0.15) is 0 Å². The van der Waals surface area contributed by atoms with E-state index in [2.05, 4.69) is 53.1 Å². The Morgan fingerprint density at radius 2 is 2.04 bits per heavy atom. The zero-order valence-corrected chi connectivity index (χ0v) is 17.0. The monoisotopic (exact) mass is 366 g/mol. The van der Waals surface area contributed by atoms with Crippen LogP contribution in [0, 0.1) is 6.92 Å². The maximum atomic E-state index is 4.79. The number of aromatic nitrogens is 1. The van der Waals surface area contributed by atoms with E-state index in [-0.39, 0.29) is 0 Å². The van der Waals surface area contributed by atoms with Crippen molar-refractivity contribution in [3.8, 4) is 0 Å². The highest BCUT2D eigenvalue weighted by Gasteiger charge is 2.19. The van der Waals surface area contributed by atoms with Crippen LogP contribution in [0.4, 0.5) is 0 Å². The molecule has 1 aromatic heterocycles. The van der Waals surface area contributed by atoms with Crippen molar-refractivity contribution in [3.05, 3.63) is 16.1 Å². The highest BCUT2D eigenvalue weighted by molar-refractivity contribution is 7.11. The Bertz CT molecular complexity index is 521. The third-order valence-corrected chi connectivity index (χ3v) is 5.61. The first kappa shape index (κ1) is 20.1. The van der Waals surface area contributed by atoms with Crippen molar-refractivity contribution in [3.63, 3.8) is 0 Å². The van der Waals surface area contributed by atoms with Gasteiger partial charge in [-0.2, -0.15) is 0 Å². The van der Waals surface area contributed by atoms with Gasteiger partial charge in [0.15, 0.2) is 5.96 Å². The van der Waals surface area contributed by atoms with Crippen molar-refractivity contribution in [1.29, 1.82) is 0 Å². The fourth-order valence-corrected chi connectivity index (χ4v) is 3.79. The summed E-state index contributed by atoms with van der Waals surface area (Å²) in [5, 5.41) is 7.96. The first-order valence-corrected chi connectivity index (χ1v) is 10.3. The summed E-state index contributed by atoms with van der Waals surface area (Å²) in [7, 11) is 0. The van der Waals surface area contributed by atoms with Gasteiger partial charge < -0.3 is 15.5 Å². The number of rotatable bonds is 8. The summed E-state index contributed by atoms with van der Waals surface area (Å²) in [5.74, 6) is 0.912. The van der Waals surface area contributed by atoms with E-state index in [0.717, 1.165) is 51.6 Å². The van der Waals surface area contributed by atoms with Gasteiger partial charge in [-0.3, -0.25) is 9.89 Å². The minimum Gasteiger partial charge on any atom is -0.357 e. The van der Waals surface area contributed by atoms with Crippen LogP contribution in [-0.2, 0) is 6.42 Å². The molecule has 0 spiro atoms. The van der Waals surface area contributed by atoms with Gasteiger partial charge in [0.25, 0.3) is 0 Å². The van der Waals surface area contributed by atoms with Gasteiger partial charge in [-0.15, -0.1) is 11.3 Å². The minimum absolute atomic E-state index is 0.482. The summed E-state index contributed by atoms with van der Waals surface area (Å²) in [5.41, 5.74) is 0. The van der Waals surface area contributed by atoms with E-state index in [0.29, 0.717) is 6.04 Å². The molecule has 0 saturated carbocycles. The van der Waals surface area contributed by atoms with Crippen LogP contribution in [0.25, 0.3) is 0 Å². The van der Waals surface area contributed by atoms with E-state index in [4.69, 9.17) is 4.99 Å². The van der Waals surface area contributed by atoms with Gasteiger partial charge in [0, 0.05) is 62.8 Å². The molecule has 0 radical (unpaired) electrons. The average molecular weight is 367 g/mol. The van der Waals surface area contributed by atoms with Crippen LogP contribution in [0.1, 0.15) is 30.7 Å². The van der Waals surface area contributed by atoms with Crippen molar-refractivity contribution in [1.82, 2.24) is 25.4 Å². The molecule has 2 rings (SSSR count). The number of likely N-dealkylation sites (N-methyl/N-ethyl adjacent to an activating group) is 1. The average Bonchev–Trinajstić information content (AvgIpc) is 3.04. The van der Waals surface area contributed by atoms with Gasteiger partial charge in [-0.05, 0) is 27.3 Å². The summed E-state index contributed by atoms with van der Waals surface area (Å²) in [4.78, 5) is 15.5. The Hall–Kier alpha value is -1.18. The van der Waals surface area contributed by atoms with Crippen molar-refractivity contribution < 1.29 is 0 Å². The second-order valence-corrected chi connectivity index (χ2v) is 7.90. The van der Waals surface area contributed by atoms with Crippen LogP contribution in [0.15, 0.2) is 11.2 Å². The predicted molar refractivity (Wildman–Crippen MR) is 108 cm³/mol. The van der Waals surface area contributed by atoms with Crippen LogP contribution in [0.2, 0.25) is 0 Å². The lowest BCUT2D eigenvalue weighted by Crippen LogP contribution is -2.50. The number of hydrogen-bond acceptors (Lipinski definition) is 5. The first-order chi connectivity index (χ1) is 12.1. The quantitative estimate of drug-likeness (QED) is 0.540. The number of aliphatic imine (C=N–C) groups is 1. The molecule has 0 bridgehead atoms.